The summed E-state index contributed by atoms with van der Waals surface area (Å²) in [4.78, 5) is 1.96. The van der Waals surface area contributed by atoms with Crippen LogP contribution in [0.4, 0.5) is 0 Å². The smallest absolute Gasteiger partial charge is 0.0957 e. The Morgan fingerprint density at radius 3 is 2.22 bits per heavy atom. The van der Waals surface area contributed by atoms with Gasteiger partial charge in [0.15, 0.2) is 0 Å². The van der Waals surface area contributed by atoms with E-state index in [-0.39, 0.29) is 6.73 Å². The molecule has 0 amide bonds. The Kier molecular flexibility index (Phi) is 2.41. The second-order valence-electron chi connectivity index (χ2n) is 2.30. The Morgan fingerprint density at radius 2 is 1.78 bits per heavy atom. The van der Waals surface area contributed by atoms with E-state index in [1.807, 2.05) is 4.90 Å². The molecule has 4 nitrogen and oxygen atoms in total. The number of hydrogen-bond donors (Lipinski definition) is 2. The second-order valence-corrected chi connectivity index (χ2v) is 2.30. The van der Waals surface area contributed by atoms with Gasteiger partial charge < -0.3 is 5.11 Å². The fourth-order valence-electron chi connectivity index (χ4n) is 0.905. The molecule has 1 aliphatic heterocycles. The zero-order chi connectivity index (χ0) is 6.69. The van der Waals surface area contributed by atoms with Crippen LogP contribution in [-0.2, 0) is 0 Å². The molecule has 54 valence electrons. The van der Waals surface area contributed by atoms with Crippen LogP contribution in [0.15, 0.2) is 0 Å². The molecule has 1 saturated heterocycles. The summed E-state index contributed by atoms with van der Waals surface area (Å²) < 4.78 is 0. The lowest BCUT2D eigenvalue weighted by atomic mass is 10.4. The number of hydrazine groups is 1. The molecule has 0 radical (unpaired) electrons. The monoisotopic (exact) mass is 131 g/mol. The van der Waals surface area contributed by atoms with Crippen molar-refractivity contribution in [3.8, 4) is 0 Å². The summed E-state index contributed by atoms with van der Waals surface area (Å²) in [5.74, 6) is 5.48. The maximum Gasteiger partial charge on any atom is 0.0957 e. The summed E-state index contributed by atoms with van der Waals surface area (Å²) in [6, 6.07) is 0. The zero-order valence-corrected chi connectivity index (χ0v) is 5.45. The standard InChI is InChI=1S/C5H13N3O/c6-8-3-1-7(5-9)2-4-8/h9H,1-6H2. The van der Waals surface area contributed by atoms with Gasteiger partial charge in [-0.3, -0.25) is 10.7 Å². The molecule has 0 aromatic carbocycles. The van der Waals surface area contributed by atoms with Crippen molar-refractivity contribution in [1.82, 2.24) is 9.91 Å². The minimum atomic E-state index is 0.161. The van der Waals surface area contributed by atoms with E-state index in [0.29, 0.717) is 0 Å². The summed E-state index contributed by atoms with van der Waals surface area (Å²) in [5, 5.41) is 10.4. The lowest BCUT2D eigenvalue weighted by Crippen LogP contribution is -2.49. The van der Waals surface area contributed by atoms with Gasteiger partial charge in [0.2, 0.25) is 0 Å². The van der Waals surface area contributed by atoms with Crippen molar-refractivity contribution < 1.29 is 5.11 Å². The summed E-state index contributed by atoms with van der Waals surface area (Å²) in [5.41, 5.74) is 0. The van der Waals surface area contributed by atoms with E-state index in [1.165, 1.54) is 0 Å². The van der Waals surface area contributed by atoms with Gasteiger partial charge in [-0.1, -0.05) is 0 Å². The van der Waals surface area contributed by atoms with Gasteiger partial charge in [0.05, 0.1) is 6.73 Å². The van der Waals surface area contributed by atoms with Gasteiger partial charge in [-0.15, -0.1) is 0 Å². The molecule has 4 heteroatoms. The van der Waals surface area contributed by atoms with Gasteiger partial charge in [-0.25, -0.2) is 5.01 Å². The number of nitrogens with two attached hydrogens (primary N) is 1. The highest BCUT2D eigenvalue weighted by Crippen LogP contribution is 1.93. The van der Waals surface area contributed by atoms with Gasteiger partial charge in [0.25, 0.3) is 0 Å². The van der Waals surface area contributed by atoms with Gasteiger partial charge in [-0.05, 0) is 0 Å². The van der Waals surface area contributed by atoms with E-state index in [0.717, 1.165) is 26.2 Å². The molecule has 0 aromatic heterocycles. The SMILES string of the molecule is NN1CCN(CO)CC1. The molecule has 0 aromatic rings. The van der Waals surface area contributed by atoms with E-state index in [2.05, 4.69) is 0 Å². The molecule has 0 atom stereocenters. The third kappa shape index (κ3) is 1.91. The van der Waals surface area contributed by atoms with Crippen LogP contribution < -0.4 is 5.84 Å². The first kappa shape index (κ1) is 6.95. The predicted molar refractivity (Wildman–Crippen MR) is 34.4 cm³/mol. The minimum Gasteiger partial charge on any atom is -0.381 e. The number of piperazine rings is 1. The van der Waals surface area contributed by atoms with Crippen molar-refractivity contribution in [3.05, 3.63) is 0 Å². The fourth-order valence-corrected chi connectivity index (χ4v) is 0.905. The summed E-state index contributed by atoms with van der Waals surface area (Å²) in [6.45, 7) is 3.65. The topological polar surface area (TPSA) is 52.7 Å². The quantitative estimate of drug-likeness (QED) is 0.422. The van der Waals surface area contributed by atoms with Crippen LogP contribution >= 0.6 is 0 Å². The Hall–Kier alpha value is -0.160. The first-order valence-electron chi connectivity index (χ1n) is 3.16. The number of rotatable bonds is 1. The van der Waals surface area contributed by atoms with Crippen LogP contribution in [0.2, 0.25) is 0 Å². The number of nitrogens with zero attached hydrogens (tertiary/aromatic N) is 2. The molecule has 9 heavy (non-hydrogen) atoms. The first-order chi connectivity index (χ1) is 4.33. The Balaban J connectivity index is 2.18. The van der Waals surface area contributed by atoms with Crippen LogP contribution in [0.5, 0.6) is 0 Å². The molecule has 3 N–H and O–H groups in total. The largest absolute Gasteiger partial charge is 0.381 e. The van der Waals surface area contributed by atoms with Crippen molar-refractivity contribution in [1.29, 1.82) is 0 Å². The van der Waals surface area contributed by atoms with E-state index < -0.39 is 0 Å². The van der Waals surface area contributed by atoms with Crippen molar-refractivity contribution in [2.45, 2.75) is 0 Å². The maximum absolute atomic E-state index is 8.64. The average molecular weight is 131 g/mol. The summed E-state index contributed by atoms with van der Waals surface area (Å²) in [6.07, 6.45) is 0. The summed E-state index contributed by atoms with van der Waals surface area (Å²) >= 11 is 0. The molecule has 0 bridgehead atoms. The molecule has 0 spiro atoms. The second kappa shape index (κ2) is 3.12. The van der Waals surface area contributed by atoms with E-state index in [4.69, 9.17) is 10.9 Å². The van der Waals surface area contributed by atoms with Gasteiger partial charge in [0, 0.05) is 26.2 Å². The third-order valence-corrected chi connectivity index (χ3v) is 1.61. The highest BCUT2D eigenvalue weighted by Gasteiger charge is 2.11. The van der Waals surface area contributed by atoms with E-state index in [9.17, 15) is 0 Å². The van der Waals surface area contributed by atoms with Crippen LogP contribution in [-0.4, -0.2) is 47.9 Å². The normalized spacial score (nSPS) is 24.7. The highest BCUT2D eigenvalue weighted by atomic mass is 16.3. The lowest BCUT2D eigenvalue weighted by molar-refractivity contribution is 0.0545. The van der Waals surface area contributed by atoms with Crippen molar-refractivity contribution in [3.63, 3.8) is 0 Å². The van der Waals surface area contributed by atoms with Gasteiger partial charge in [-0.2, -0.15) is 0 Å². The number of hydrogen-bond acceptors (Lipinski definition) is 4. The third-order valence-electron chi connectivity index (χ3n) is 1.61. The number of aliphatic hydroxyl groups excluding tert-OH is 1. The van der Waals surface area contributed by atoms with Crippen LogP contribution in [0, 0.1) is 0 Å². The molecule has 1 rings (SSSR count). The predicted octanol–water partition coefficient (Wildman–Crippen LogP) is -1.57. The number of aliphatic hydroxyl groups is 1. The fraction of sp³-hybridized carbons (Fsp3) is 1.00. The van der Waals surface area contributed by atoms with Crippen LogP contribution in [0.1, 0.15) is 0 Å². The van der Waals surface area contributed by atoms with E-state index >= 15 is 0 Å². The van der Waals surface area contributed by atoms with Crippen molar-refractivity contribution in [2.24, 2.45) is 5.84 Å². The van der Waals surface area contributed by atoms with E-state index in [1.54, 1.807) is 5.01 Å². The molecule has 0 aliphatic carbocycles. The summed E-state index contributed by atoms with van der Waals surface area (Å²) in [7, 11) is 0. The van der Waals surface area contributed by atoms with Crippen LogP contribution in [0.3, 0.4) is 0 Å². The van der Waals surface area contributed by atoms with Crippen molar-refractivity contribution >= 4 is 0 Å². The Bertz CT molecular complexity index is 80.3. The average Bonchev–Trinajstić information content (AvgIpc) is 1.90. The Morgan fingerprint density at radius 1 is 1.22 bits per heavy atom. The lowest BCUT2D eigenvalue weighted by Gasteiger charge is -2.30. The first-order valence-corrected chi connectivity index (χ1v) is 3.16. The Labute approximate surface area is 54.8 Å². The molecule has 0 saturated carbocycles. The highest BCUT2D eigenvalue weighted by molar-refractivity contribution is 4.64. The molecule has 1 fully saturated rings. The molecular weight excluding hydrogens is 118 g/mol. The zero-order valence-electron chi connectivity index (χ0n) is 5.45. The molecule has 1 aliphatic rings. The van der Waals surface area contributed by atoms with Gasteiger partial charge >= 0.3 is 0 Å². The molecule has 0 unspecified atom stereocenters. The van der Waals surface area contributed by atoms with Crippen molar-refractivity contribution in [2.75, 3.05) is 32.9 Å². The molecule has 1 heterocycles. The minimum absolute atomic E-state index is 0.161. The van der Waals surface area contributed by atoms with Crippen LogP contribution in [0.25, 0.3) is 0 Å². The molecular formula is C5H13N3O. The van der Waals surface area contributed by atoms with Gasteiger partial charge in [0.1, 0.15) is 0 Å². The maximum atomic E-state index is 8.64.